The van der Waals surface area contributed by atoms with Gasteiger partial charge >= 0.3 is 0 Å². The Labute approximate surface area is 134 Å². The van der Waals surface area contributed by atoms with Gasteiger partial charge in [0.1, 0.15) is 0 Å². The van der Waals surface area contributed by atoms with Gasteiger partial charge in [-0.3, -0.25) is 14.9 Å². The molecule has 0 heterocycles. The zero-order chi connectivity index (χ0) is 16.2. The molecule has 0 spiro atoms. The number of nitrogens with zero attached hydrogens (tertiary/aromatic N) is 1. The van der Waals surface area contributed by atoms with Gasteiger partial charge in [-0.05, 0) is 30.4 Å². The molecule has 5 nitrogen and oxygen atoms in total. The molecule has 0 saturated carbocycles. The first-order chi connectivity index (χ1) is 11.1. The standard InChI is InChI=1S/C18H18N2O3/c21-18(12-14-7-2-4-11-17(14)20(22)23)19-16-10-5-8-13-6-1-3-9-15(13)16/h1-4,6-7,9,11,16H,5,8,10,12H2,(H,19,21)/t16-/m1/s1. The van der Waals surface area contributed by atoms with Crippen LogP contribution < -0.4 is 5.32 Å². The molecule has 1 aliphatic rings. The van der Waals surface area contributed by atoms with Crippen LogP contribution in [0.5, 0.6) is 0 Å². The van der Waals surface area contributed by atoms with E-state index in [1.165, 1.54) is 11.6 Å². The molecule has 1 atom stereocenters. The number of nitro groups is 1. The maximum atomic E-state index is 12.3. The molecule has 0 unspecified atom stereocenters. The summed E-state index contributed by atoms with van der Waals surface area (Å²) < 4.78 is 0. The number of aryl methyl sites for hydroxylation is 1. The van der Waals surface area contributed by atoms with E-state index in [9.17, 15) is 14.9 Å². The Hall–Kier alpha value is -2.69. The number of hydrogen-bond acceptors (Lipinski definition) is 3. The van der Waals surface area contributed by atoms with Gasteiger partial charge in [0.05, 0.1) is 17.4 Å². The van der Waals surface area contributed by atoms with Crippen LogP contribution in [-0.4, -0.2) is 10.8 Å². The highest BCUT2D eigenvalue weighted by Gasteiger charge is 2.22. The molecule has 23 heavy (non-hydrogen) atoms. The average molecular weight is 310 g/mol. The van der Waals surface area contributed by atoms with Crippen LogP contribution in [0.4, 0.5) is 5.69 Å². The highest BCUT2D eigenvalue weighted by atomic mass is 16.6. The lowest BCUT2D eigenvalue weighted by Crippen LogP contribution is -2.32. The van der Waals surface area contributed by atoms with Crippen LogP contribution in [0, 0.1) is 10.1 Å². The van der Waals surface area contributed by atoms with Crippen molar-refractivity contribution in [1.29, 1.82) is 0 Å². The van der Waals surface area contributed by atoms with Gasteiger partial charge in [0, 0.05) is 11.6 Å². The van der Waals surface area contributed by atoms with Gasteiger partial charge in [0.25, 0.3) is 5.69 Å². The van der Waals surface area contributed by atoms with Crippen LogP contribution in [0.3, 0.4) is 0 Å². The van der Waals surface area contributed by atoms with Gasteiger partial charge in [0.15, 0.2) is 0 Å². The van der Waals surface area contributed by atoms with Crippen LogP contribution in [-0.2, 0) is 17.6 Å². The maximum absolute atomic E-state index is 12.3. The van der Waals surface area contributed by atoms with Crippen molar-refractivity contribution < 1.29 is 9.72 Å². The average Bonchev–Trinajstić information content (AvgIpc) is 2.55. The third-order valence-corrected chi connectivity index (χ3v) is 4.24. The fraction of sp³-hybridized carbons (Fsp3) is 0.278. The van der Waals surface area contributed by atoms with Crippen molar-refractivity contribution in [2.45, 2.75) is 31.7 Å². The van der Waals surface area contributed by atoms with Gasteiger partial charge in [-0.1, -0.05) is 42.5 Å². The number of carbonyl (C=O) groups is 1. The van der Waals surface area contributed by atoms with Crippen LogP contribution in [0.1, 0.15) is 35.6 Å². The second-order valence-corrected chi connectivity index (χ2v) is 5.77. The first-order valence-corrected chi connectivity index (χ1v) is 7.74. The van der Waals surface area contributed by atoms with E-state index in [0.717, 1.165) is 24.8 Å². The number of carbonyl (C=O) groups excluding carboxylic acids is 1. The lowest BCUT2D eigenvalue weighted by molar-refractivity contribution is -0.385. The van der Waals surface area contributed by atoms with Crippen LogP contribution >= 0.6 is 0 Å². The number of para-hydroxylation sites is 1. The van der Waals surface area contributed by atoms with Gasteiger partial charge < -0.3 is 5.32 Å². The van der Waals surface area contributed by atoms with Gasteiger partial charge in [-0.25, -0.2) is 0 Å². The number of amides is 1. The molecule has 0 radical (unpaired) electrons. The third kappa shape index (κ3) is 3.39. The Balaban J connectivity index is 1.73. The number of nitrogens with one attached hydrogen (secondary N) is 1. The second kappa shape index (κ2) is 6.60. The minimum Gasteiger partial charge on any atom is -0.349 e. The molecule has 118 valence electrons. The van der Waals surface area contributed by atoms with E-state index in [-0.39, 0.29) is 24.1 Å². The van der Waals surface area contributed by atoms with Crippen molar-refractivity contribution in [3.05, 3.63) is 75.3 Å². The van der Waals surface area contributed by atoms with E-state index in [1.54, 1.807) is 18.2 Å². The Kier molecular flexibility index (Phi) is 4.37. The Morgan fingerprint density at radius 2 is 1.91 bits per heavy atom. The molecule has 0 aliphatic heterocycles. The number of benzene rings is 2. The molecule has 1 N–H and O–H groups in total. The molecule has 2 aromatic rings. The summed E-state index contributed by atoms with van der Waals surface area (Å²) in [6.45, 7) is 0. The van der Waals surface area contributed by atoms with Crippen LogP contribution in [0.15, 0.2) is 48.5 Å². The highest BCUT2D eigenvalue weighted by Crippen LogP contribution is 2.29. The largest absolute Gasteiger partial charge is 0.349 e. The third-order valence-electron chi connectivity index (χ3n) is 4.24. The lowest BCUT2D eigenvalue weighted by atomic mass is 9.87. The molecular weight excluding hydrogens is 292 g/mol. The zero-order valence-electron chi connectivity index (χ0n) is 12.7. The minimum atomic E-state index is -0.446. The Morgan fingerprint density at radius 3 is 2.74 bits per heavy atom. The minimum absolute atomic E-state index is 0.00443. The summed E-state index contributed by atoms with van der Waals surface area (Å²) in [5.41, 5.74) is 2.87. The van der Waals surface area contributed by atoms with Crippen molar-refractivity contribution in [1.82, 2.24) is 5.32 Å². The number of nitro benzene ring substituents is 1. The molecule has 5 heteroatoms. The Bertz CT molecular complexity index is 743. The molecule has 1 aliphatic carbocycles. The fourth-order valence-electron chi connectivity index (χ4n) is 3.16. The number of fused-ring (bicyclic) bond motifs is 1. The SMILES string of the molecule is O=C(Cc1ccccc1[N+](=O)[O-])N[C@@H]1CCCc2ccccc21. The topological polar surface area (TPSA) is 72.2 Å². The molecule has 0 aromatic heterocycles. The molecule has 1 amide bonds. The van der Waals surface area contributed by atoms with E-state index >= 15 is 0 Å². The van der Waals surface area contributed by atoms with E-state index in [0.29, 0.717) is 5.56 Å². The predicted octanol–water partition coefficient (Wildman–Crippen LogP) is 3.33. The zero-order valence-corrected chi connectivity index (χ0v) is 12.7. The molecule has 3 rings (SSSR count). The van der Waals surface area contributed by atoms with Crippen molar-refractivity contribution in [2.75, 3.05) is 0 Å². The van der Waals surface area contributed by atoms with E-state index in [2.05, 4.69) is 11.4 Å². The second-order valence-electron chi connectivity index (χ2n) is 5.77. The summed E-state index contributed by atoms with van der Waals surface area (Å²) in [7, 11) is 0. The smallest absolute Gasteiger partial charge is 0.273 e. The monoisotopic (exact) mass is 310 g/mol. The summed E-state index contributed by atoms with van der Waals surface area (Å²) in [4.78, 5) is 22.9. The molecule has 0 saturated heterocycles. The van der Waals surface area contributed by atoms with Crippen LogP contribution in [0.2, 0.25) is 0 Å². The van der Waals surface area contributed by atoms with Crippen molar-refractivity contribution in [2.24, 2.45) is 0 Å². The van der Waals surface area contributed by atoms with Gasteiger partial charge in [0.2, 0.25) is 5.91 Å². The molecule has 0 fully saturated rings. The first-order valence-electron chi connectivity index (χ1n) is 7.74. The maximum Gasteiger partial charge on any atom is 0.273 e. The van der Waals surface area contributed by atoms with Crippen molar-refractivity contribution >= 4 is 11.6 Å². The summed E-state index contributed by atoms with van der Waals surface area (Å²) in [6, 6.07) is 14.5. The molecular formula is C18H18N2O3. The van der Waals surface area contributed by atoms with E-state index in [4.69, 9.17) is 0 Å². The first kappa shape index (κ1) is 15.2. The number of rotatable bonds is 4. The Morgan fingerprint density at radius 1 is 1.17 bits per heavy atom. The van der Waals surface area contributed by atoms with Crippen LogP contribution in [0.25, 0.3) is 0 Å². The summed E-state index contributed by atoms with van der Waals surface area (Å²) in [5, 5.41) is 14.1. The normalized spacial score (nSPS) is 16.4. The highest BCUT2D eigenvalue weighted by molar-refractivity contribution is 5.80. The van der Waals surface area contributed by atoms with Gasteiger partial charge in [-0.2, -0.15) is 0 Å². The summed E-state index contributed by atoms with van der Waals surface area (Å²) in [5.74, 6) is -0.180. The predicted molar refractivity (Wildman–Crippen MR) is 87.1 cm³/mol. The van der Waals surface area contributed by atoms with Crippen molar-refractivity contribution in [3.63, 3.8) is 0 Å². The quantitative estimate of drug-likeness (QED) is 0.695. The molecule has 0 bridgehead atoms. The summed E-state index contributed by atoms with van der Waals surface area (Å²) in [6.07, 6.45) is 3.00. The van der Waals surface area contributed by atoms with E-state index < -0.39 is 4.92 Å². The number of hydrogen-bond donors (Lipinski definition) is 1. The van der Waals surface area contributed by atoms with Crippen molar-refractivity contribution in [3.8, 4) is 0 Å². The fourth-order valence-corrected chi connectivity index (χ4v) is 3.16. The summed E-state index contributed by atoms with van der Waals surface area (Å²) >= 11 is 0. The van der Waals surface area contributed by atoms with Gasteiger partial charge in [-0.15, -0.1) is 0 Å². The van der Waals surface area contributed by atoms with E-state index in [1.807, 2.05) is 18.2 Å². The lowest BCUT2D eigenvalue weighted by Gasteiger charge is -2.26. The molecule has 2 aromatic carbocycles.